The minimum absolute atomic E-state index is 0.0248. The van der Waals surface area contributed by atoms with Crippen LogP contribution in [0.4, 0.5) is 0 Å². The van der Waals surface area contributed by atoms with Gasteiger partial charge in [-0.1, -0.05) is 0 Å². The van der Waals surface area contributed by atoms with E-state index in [1.807, 2.05) is 0 Å². The lowest BCUT2D eigenvalue weighted by atomic mass is 10.0. The predicted molar refractivity (Wildman–Crippen MR) is 130 cm³/mol. The van der Waals surface area contributed by atoms with Crippen molar-refractivity contribution in [1.29, 1.82) is 0 Å². The molecule has 0 bridgehead atoms. The summed E-state index contributed by atoms with van der Waals surface area (Å²) in [6, 6.07) is 5.57. The molecule has 40 heavy (non-hydrogen) atoms. The van der Waals surface area contributed by atoms with Crippen molar-refractivity contribution in [1.82, 2.24) is 0 Å². The second kappa shape index (κ2) is 10.4. The highest BCUT2D eigenvalue weighted by molar-refractivity contribution is 5.88. The molecule has 0 saturated carbocycles. The molecule has 2 aliphatic rings. The molecule has 15 heteroatoms. The number of ether oxygens (including phenoxy) is 4. The van der Waals surface area contributed by atoms with Gasteiger partial charge in [-0.3, -0.25) is 4.79 Å². The van der Waals surface area contributed by atoms with Crippen LogP contribution in [0, 0.1) is 0 Å². The monoisotopic (exact) mass is 566 g/mol. The van der Waals surface area contributed by atoms with Crippen molar-refractivity contribution in [2.45, 2.75) is 42.6 Å². The van der Waals surface area contributed by atoms with Gasteiger partial charge >= 0.3 is 0 Å². The topological polar surface area (TPSA) is 249 Å². The van der Waals surface area contributed by atoms with Gasteiger partial charge in [-0.05, 0) is 18.2 Å². The molecule has 7 atom stereocenters. The van der Waals surface area contributed by atoms with Crippen molar-refractivity contribution in [3.63, 3.8) is 0 Å². The minimum Gasteiger partial charge on any atom is -0.507 e. The predicted octanol–water partition coefficient (Wildman–Crippen LogP) is -1.43. The summed E-state index contributed by atoms with van der Waals surface area (Å²) in [5.41, 5.74) is -3.28. The van der Waals surface area contributed by atoms with Gasteiger partial charge < -0.3 is 69.3 Å². The lowest BCUT2D eigenvalue weighted by Crippen LogP contribution is -2.58. The molecule has 2 saturated heterocycles. The Morgan fingerprint density at radius 2 is 1.70 bits per heavy atom. The number of aromatic hydroxyl groups is 4. The van der Waals surface area contributed by atoms with Crippen molar-refractivity contribution in [3.05, 3.63) is 40.6 Å². The largest absolute Gasteiger partial charge is 0.507 e. The zero-order valence-corrected chi connectivity index (χ0v) is 20.4. The number of phenols is 3. The molecule has 1 aromatic heterocycles. The number of benzene rings is 2. The van der Waals surface area contributed by atoms with Gasteiger partial charge in [-0.15, -0.1) is 0 Å². The van der Waals surface area contributed by atoms with Crippen LogP contribution in [-0.4, -0.2) is 108 Å². The van der Waals surface area contributed by atoms with Gasteiger partial charge in [-0.25, -0.2) is 0 Å². The van der Waals surface area contributed by atoms with Crippen LogP contribution in [0.5, 0.6) is 28.7 Å². The fraction of sp³-hybridized carbons (Fsp3) is 0.400. The van der Waals surface area contributed by atoms with Crippen LogP contribution in [0.25, 0.3) is 22.3 Å². The molecule has 0 spiro atoms. The summed E-state index contributed by atoms with van der Waals surface area (Å²) in [5, 5.41) is 90.4. The van der Waals surface area contributed by atoms with Crippen molar-refractivity contribution >= 4 is 11.0 Å². The summed E-state index contributed by atoms with van der Waals surface area (Å²) >= 11 is 0. The van der Waals surface area contributed by atoms with Crippen molar-refractivity contribution < 1.29 is 69.3 Å². The molecule has 3 aromatic rings. The van der Waals surface area contributed by atoms with E-state index in [1.54, 1.807) is 0 Å². The molecule has 0 aliphatic carbocycles. The number of hydrogen-bond donors (Lipinski definition) is 9. The Morgan fingerprint density at radius 3 is 2.38 bits per heavy atom. The standard InChI is InChI=1S/C25H26O15/c26-7-25(35)8-37-24(22(25)34)40-21-17(31)14(30)6-36-23(21)38-10-4-13(29)16-15(5-10)39-20(19(33)18(16)32)9-1-2-11(27)12(28)3-9/h1-5,14,17,21-24,26-31,33-35H,6-8H2/t14-,17+,21-,22+,23+,24+,25-/m1/s1. The van der Waals surface area contributed by atoms with E-state index < -0.39 is 96.2 Å². The minimum atomic E-state index is -2.03. The SMILES string of the molecule is O=c1c(O)c(-c2ccc(O)c(O)c2)oc2cc(O[C@@H]3OC[C@@H](O)[C@H](O)[C@H]3O[C@@H]3OC[C@](O)(CO)[C@H]3O)cc(O)c12. The van der Waals surface area contributed by atoms with E-state index in [4.69, 9.17) is 23.4 Å². The molecule has 0 amide bonds. The maximum Gasteiger partial charge on any atom is 0.238 e. The molecule has 0 radical (unpaired) electrons. The zero-order chi connectivity index (χ0) is 28.9. The zero-order valence-electron chi connectivity index (χ0n) is 20.4. The van der Waals surface area contributed by atoms with Gasteiger partial charge in [0.25, 0.3) is 0 Å². The van der Waals surface area contributed by atoms with Gasteiger partial charge in [0.05, 0.1) is 19.8 Å². The molecular weight excluding hydrogens is 540 g/mol. The van der Waals surface area contributed by atoms with Crippen molar-refractivity contribution in [2.75, 3.05) is 19.8 Å². The van der Waals surface area contributed by atoms with E-state index in [2.05, 4.69) is 0 Å². The van der Waals surface area contributed by atoms with Crippen LogP contribution in [0.1, 0.15) is 0 Å². The molecular formula is C25H26O15. The molecule has 2 aromatic carbocycles. The first-order chi connectivity index (χ1) is 18.9. The van der Waals surface area contributed by atoms with Gasteiger partial charge in [0, 0.05) is 17.7 Å². The Bertz CT molecular complexity index is 1470. The number of aliphatic hydroxyl groups is 5. The Kier molecular flexibility index (Phi) is 7.24. The number of rotatable bonds is 6. The van der Waals surface area contributed by atoms with Crippen LogP contribution >= 0.6 is 0 Å². The van der Waals surface area contributed by atoms with Crippen molar-refractivity contribution in [3.8, 4) is 40.1 Å². The summed E-state index contributed by atoms with van der Waals surface area (Å²) in [4.78, 5) is 12.8. The quantitative estimate of drug-likeness (QED) is 0.155. The molecule has 216 valence electrons. The van der Waals surface area contributed by atoms with Gasteiger partial charge in [0.2, 0.25) is 17.5 Å². The van der Waals surface area contributed by atoms with Gasteiger partial charge in [0.15, 0.2) is 29.7 Å². The first-order valence-electron chi connectivity index (χ1n) is 11.9. The first kappa shape index (κ1) is 27.9. The molecule has 15 nitrogen and oxygen atoms in total. The summed E-state index contributed by atoms with van der Waals surface area (Å²) in [6.07, 6.45) is -9.36. The Labute approximate surface area is 223 Å². The van der Waals surface area contributed by atoms with E-state index in [0.29, 0.717) is 0 Å². The lowest BCUT2D eigenvalue weighted by molar-refractivity contribution is -0.297. The molecule has 3 heterocycles. The molecule has 5 rings (SSSR count). The highest BCUT2D eigenvalue weighted by Gasteiger charge is 2.52. The van der Waals surface area contributed by atoms with E-state index in [0.717, 1.165) is 24.3 Å². The van der Waals surface area contributed by atoms with Crippen LogP contribution in [0.15, 0.2) is 39.5 Å². The second-order valence-corrected chi connectivity index (χ2v) is 9.49. The highest BCUT2D eigenvalue weighted by atomic mass is 16.8. The third kappa shape index (κ3) is 4.78. The van der Waals surface area contributed by atoms with E-state index >= 15 is 0 Å². The number of hydrogen-bond acceptors (Lipinski definition) is 15. The van der Waals surface area contributed by atoms with E-state index in [1.165, 1.54) is 6.07 Å². The smallest absolute Gasteiger partial charge is 0.238 e. The van der Waals surface area contributed by atoms with Crippen molar-refractivity contribution in [2.24, 2.45) is 0 Å². The fourth-order valence-corrected chi connectivity index (χ4v) is 4.40. The van der Waals surface area contributed by atoms with Gasteiger partial charge in [0.1, 0.15) is 46.4 Å². The van der Waals surface area contributed by atoms with Gasteiger partial charge in [-0.2, -0.15) is 0 Å². The highest BCUT2D eigenvalue weighted by Crippen LogP contribution is 2.39. The summed E-state index contributed by atoms with van der Waals surface area (Å²) < 4.78 is 27.6. The van der Waals surface area contributed by atoms with E-state index in [-0.39, 0.29) is 22.7 Å². The maximum atomic E-state index is 12.8. The van der Waals surface area contributed by atoms with Crippen LogP contribution in [-0.2, 0) is 14.2 Å². The Balaban J connectivity index is 1.48. The Morgan fingerprint density at radius 1 is 0.950 bits per heavy atom. The number of aliphatic hydroxyl groups excluding tert-OH is 4. The average Bonchev–Trinajstić information content (AvgIpc) is 3.20. The first-order valence-corrected chi connectivity index (χ1v) is 11.9. The molecule has 9 N–H and O–H groups in total. The Hall–Kier alpha value is -3.67. The summed E-state index contributed by atoms with van der Waals surface area (Å²) in [5.74, 6) is -3.10. The number of fused-ring (bicyclic) bond motifs is 1. The number of phenolic OH excluding ortho intramolecular Hbond substituents is 3. The van der Waals surface area contributed by atoms with Crippen LogP contribution in [0.2, 0.25) is 0 Å². The normalized spacial score (nSPS) is 30.5. The molecule has 2 aliphatic heterocycles. The molecule has 2 fully saturated rings. The summed E-state index contributed by atoms with van der Waals surface area (Å²) in [7, 11) is 0. The third-order valence-corrected chi connectivity index (χ3v) is 6.72. The summed E-state index contributed by atoms with van der Waals surface area (Å²) in [6.45, 7) is -1.74. The fourth-order valence-electron chi connectivity index (χ4n) is 4.40. The van der Waals surface area contributed by atoms with E-state index in [9.17, 15) is 50.8 Å². The third-order valence-electron chi connectivity index (χ3n) is 6.72. The second-order valence-electron chi connectivity index (χ2n) is 9.49. The van der Waals surface area contributed by atoms with Crippen LogP contribution in [0.3, 0.4) is 0 Å². The average molecular weight is 566 g/mol. The van der Waals surface area contributed by atoms with Crippen LogP contribution < -0.4 is 10.2 Å². The maximum absolute atomic E-state index is 12.8. The molecule has 0 unspecified atom stereocenters. The lowest BCUT2D eigenvalue weighted by Gasteiger charge is -2.39.